The van der Waals surface area contributed by atoms with E-state index >= 15 is 0 Å². The molecule has 2 atom stereocenters. The zero-order chi connectivity index (χ0) is 24.3. The molecule has 192 valence electrons. The maximum Gasteiger partial charge on any atom is 0.0605 e. The Bertz CT molecular complexity index is 797. The zero-order valence-electron chi connectivity index (χ0n) is 22.7. The van der Waals surface area contributed by atoms with Gasteiger partial charge < -0.3 is 19.3 Å². The monoisotopic (exact) mass is 471 g/mol. The van der Waals surface area contributed by atoms with Crippen LogP contribution in [0.3, 0.4) is 0 Å². The molecule has 2 saturated heterocycles. The van der Waals surface area contributed by atoms with E-state index in [-0.39, 0.29) is 10.8 Å². The van der Waals surface area contributed by atoms with Gasteiger partial charge in [-0.3, -0.25) is 4.90 Å². The summed E-state index contributed by atoms with van der Waals surface area (Å²) in [7, 11) is 3.66. The van der Waals surface area contributed by atoms with E-state index in [1.54, 1.807) is 12.7 Å². The highest BCUT2D eigenvalue weighted by Gasteiger charge is 2.49. The van der Waals surface area contributed by atoms with Gasteiger partial charge >= 0.3 is 0 Å². The van der Waals surface area contributed by atoms with Gasteiger partial charge in [-0.1, -0.05) is 40.5 Å². The zero-order valence-corrected chi connectivity index (χ0v) is 22.7. The van der Waals surface area contributed by atoms with Crippen molar-refractivity contribution in [3.63, 3.8) is 0 Å². The van der Waals surface area contributed by atoms with Crippen LogP contribution in [0, 0.1) is 11.3 Å². The molecule has 1 aromatic rings. The van der Waals surface area contributed by atoms with Gasteiger partial charge in [-0.25, -0.2) is 0 Å². The van der Waals surface area contributed by atoms with E-state index in [9.17, 15) is 0 Å². The summed E-state index contributed by atoms with van der Waals surface area (Å²) in [6.45, 7) is 18.6. The van der Waals surface area contributed by atoms with Gasteiger partial charge in [0.05, 0.1) is 12.7 Å². The first-order valence-corrected chi connectivity index (χ1v) is 13.7. The number of nitrogens with zero attached hydrogens (tertiary/aromatic N) is 3. The van der Waals surface area contributed by atoms with Crippen LogP contribution in [0.25, 0.3) is 0 Å². The lowest BCUT2D eigenvalue weighted by Gasteiger charge is -2.54. The minimum Gasteiger partial charge on any atom is -0.383 e. The first kappa shape index (κ1) is 25.8. The normalized spacial score (nSPS) is 28.9. The highest BCUT2D eigenvalue weighted by atomic mass is 16.5. The molecule has 0 radical (unpaired) electrons. The second-order valence-corrected chi connectivity index (χ2v) is 11.8. The number of piperidine rings is 1. The molecule has 5 nitrogen and oxygen atoms in total. The van der Waals surface area contributed by atoms with E-state index in [1.807, 2.05) is 7.11 Å². The second kappa shape index (κ2) is 10.8. The Labute approximate surface area is 208 Å². The van der Waals surface area contributed by atoms with Crippen molar-refractivity contribution in [3.8, 4) is 0 Å². The van der Waals surface area contributed by atoms with Crippen molar-refractivity contribution < 1.29 is 9.47 Å². The van der Waals surface area contributed by atoms with Crippen molar-refractivity contribution in [2.45, 2.75) is 71.3 Å². The molecule has 0 aromatic heterocycles. The molecule has 0 spiro atoms. The molecule has 34 heavy (non-hydrogen) atoms. The molecule has 3 aliphatic rings. The van der Waals surface area contributed by atoms with E-state index in [0.29, 0.717) is 6.10 Å². The molecule has 0 amide bonds. The summed E-state index contributed by atoms with van der Waals surface area (Å²) in [5.74, 6) is 0.728. The van der Waals surface area contributed by atoms with Crippen LogP contribution in [0.2, 0.25) is 0 Å². The lowest BCUT2D eigenvalue weighted by atomic mass is 9.52. The molecule has 2 aliphatic heterocycles. The van der Waals surface area contributed by atoms with E-state index in [1.165, 1.54) is 30.6 Å². The Kier molecular flexibility index (Phi) is 8.16. The van der Waals surface area contributed by atoms with Crippen LogP contribution in [-0.2, 0) is 14.9 Å². The lowest BCUT2D eigenvalue weighted by molar-refractivity contribution is 0.0478. The number of methoxy groups -OCH3 is 2. The molecule has 3 fully saturated rings. The molecular formula is C29H49N3O2. The van der Waals surface area contributed by atoms with Crippen LogP contribution in [0.4, 0.5) is 11.4 Å². The maximum atomic E-state index is 5.64. The molecular weight excluding hydrogens is 422 g/mol. The summed E-state index contributed by atoms with van der Waals surface area (Å²) in [5, 5.41) is 0. The summed E-state index contributed by atoms with van der Waals surface area (Å²) < 4.78 is 11.0. The van der Waals surface area contributed by atoms with Gasteiger partial charge in [-0.2, -0.15) is 0 Å². The third-order valence-corrected chi connectivity index (χ3v) is 10.0. The highest BCUT2D eigenvalue weighted by Crippen LogP contribution is 2.56. The van der Waals surface area contributed by atoms with Crippen LogP contribution in [0.1, 0.15) is 65.4 Å². The fraction of sp³-hybridized carbons (Fsp3) is 0.793. The van der Waals surface area contributed by atoms with Crippen molar-refractivity contribution >= 4 is 11.4 Å². The first-order chi connectivity index (χ1) is 16.3. The molecule has 2 unspecified atom stereocenters. The minimum atomic E-state index is 0.175. The second-order valence-electron chi connectivity index (χ2n) is 11.8. The Morgan fingerprint density at radius 3 is 2.26 bits per heavy atom. The molecule has 2 heterocycles. The smallest absolute Gasteiger partial charge is 0.0605 e. The Morgan fingerprint density at radius 2 is 1.62 bits per heavy atom. The predicted molar refractivity (Wildman–Crippen MR) is 143 cm³/mol. The molecule has 0 bridgehead atoms. The first-order valence-electron chi connectivity index (χ1n) is 13.7. The Morgan fingerprint density at radius 1 is 0.912 bits per heavy atom. The maximum absolute atomic E-state index is 5.64. The third kappa shape index (κ3) is 4.99. The average Bonchev–Trinajstić information content (AvgIpc) is 2.86. The summed E-state index contributed by atoms with van der Waals surface area (Å²) in [5.41, 5.74) is 4.91. The van der Waals surface area contributed by atoms with Crippen LogP contribution < -0.4 is 9.80 Å². The van der Waals surface area contributed by atoms with Gasteiger partial charge in [-0.15, -0.1) is 0 Å². The number of hydrogen-bond donors (Lipinski definition) is 0. The molecule has 1 aliphatic carbocycles. The summed E-state index contributed by atoms with van der Waals surface area (Å²) >= 11 is 0. The van der Waals surface area contributed by atoms with Crippen molar-refractivity contribution in [1.29, 1.82) is 0 Å². The number of piperazine rings is 1. The van der Waals surface area contributed by atoms with Crippen molar-refractivity contribution in [2.75, 3.05) is 76.4 Å². The van der Waals surface area contributed by atoms with Gasteiger partial charge in [0.15, 0.2) is 0 Å². The number of anilines is 2. The van der Waals surface area contributed by atoms with Crippen molar-refractivity contribution in [2.24, 2.45) is 11.3 Å². The quantitative estimate of drug-likeness (QED) is 0.547. The summed E-state index contributed by atoms with van der Waals surface area (Å²) in [6, 6.07) is 7.43. The van der Waals surface area contributed by atoms with E-state index < -0.39 is 0 Å². The van der Waals surface area contributed by atoms with Crippen LogP contribution in [0.15, 0.2) is 18.2 Å². The largest absolute Gasteiger partial charge is 0.383 e. The van der Waals surface area contributed by atoms with Crippen molar-refractivity contribution in [3.05, 3.63) is 23.8 Å². The topological polar surface area (TPSA) is 28.2 Å². The molecule has 0 N–H and O–H groups in total. The number of hydrogen-bond acceptors (Lipinski definition) is 5. The van der Waals surface area contributed by atoms with E-state index in [4.69, 9.17) is 9.47 Å². The van der Waals surface area contributed by atoms with Gasteiger partial charge in [0.2, 0.25) is 0 Å². The Balaban J connectivity index is 1.65. The van der Waals surface area contributed by atoms with Gasteiger partial charge in [0.1, 0.15) is 0 Å². The molecule has 1 saturated carbocycles. The number of ether oxygens (including phenoxy) is 2. The van der Waals surface area contributed by atoms with E-state index in [2.05, 4.69) is 60.6 Å². The number of benzene rings is 1. The van der Waals surface area contributed by atoms with Crippen LogP contribution in [-0.4, -0.2) is 77.6 Å². The van der Waals surface area contributed by atoms with Crippen LogP contribution >= 0.6 is 0 Å². The predicted octanol–water partition coefficient (Wildman–Crippen LogP) is 5.17. The molecule has 5 heteroatoms. The fourth-order valence-electron chi connectivity index (χ4n) is 6.69. The minimum absolute atomic E-state index is 0.175. The average molecular weight is 472 g/mol. The summed E-state index contributed by atoms with van der Waals surface area (Å²) in [6.07, 6.45) is 6.61. The number of rotatable bonds is 7. The standard InChI is InChI=1S/C29H49N3O2/c1-23-8-7-13-29(4,28(23,2)3)26-22-24(31-14-11-25(34-6)12-15-31)9-10-27(26)32-18-16-30(17-19-32)20-21-33-5/h9-10,22-23,25H,7-8,11-21H2,1-6H3. The van der Waals surface area contributed by atoms with Crippen molar-refractivity contribution in [1.82, 2.24) is 4.90 Å². The Hall–Kier alpha value is -1.30. The fourth-order valence-corrected chi connectivity index (χ4v) is 6.69. The van der Waals surface area contributed by atoms with Gasteiger partial charge in [0.25, 0.3) is 0 Å². The van der Waals surface area contributed by atoms with Gasteiger partial charge in [0, 0.05) is 71.4 Å². The van der Waals surface area contributed by atoms with Gasteiger partial charge in [-0.05, 0) is 59.8 Å². The SMILES string of the molecule is COCCN1CCN(c2ccc(N3CCC(OC)CC3)cc2C2(C)CCCC(C)C2(C)C)CC1. The summed E-state index contributed by atoms with van der Waals surface area (Å²) in [4.78, 5) is 7.80. The lowest BCUT2D eigenvalue weighted by Crippen LogP contribution is -2.50. The molecule has 4 rings (SSSR count). The van der Waals surface area contributed by atoms with E-state index in [0.717, 1.165) is 71.2 Å². The molecule has 1 aromatic carbocycles. The van der Waals surface area contributed by atoms with Crippen LogP contribution in [0.5, 0.6) is 0 Å². The third-order valence-electron chi connectivity index (χ3n) is 10.0. The highest BCUT2D eigenvalue weighted by molar-refractivity contribution is 5.65.